The van der Waals surface area contributed by atoms with Gasteiger partial charge in [0, 0.05) is 19.6 Å². The van der Waals surface area contributed by atoms with E-state index in [0.717, 1.165) is 36.3 Å². The molecule has 0 spiro atoms. The molecule has 3 heterocycles. The zero-order valence-corrected chi connectivity index (χ0v) is 16.3. The number of benzene rings is 1. The lowest BCUT2D eigenvalue weighted by atomic mass is 10.1. The van der Waals surface area contributed by atoms with Crippen LogP contribution in [0.3, 0.4) is 0 Å². The van der Waals surface area contributed by atoms with Crippen LogP contribution in [0.4, 0.5) is 5.82 Å². The van der Waals surface area contributed by atoms with Crippen LogP contribution in [-0.4, -0.2) is 38.7 Å². The molecule has 1 aliphatic heterocycles. The van der Waals surface area contributed by atoms with Crippen molar-refractivity contribution < 1.29 is 4.79 Å². The van der Waals surface area contributed by atoms with Gasteiger partial charge in [0.05, 0.1) is 11.6 Å². The number of piperidine rings is 1. The van der Waals surface area contributed by atoms with Crippen molar-refractivity contribution in [2.75, 3.05) is 18.0 Å². The molecule has 1 aromatic carbocycles. The maximum atomic E-state index is 12.4. The Kier molecular flexibility index (Phi) is 5.50. The minimum absolute atomic E-state index is 0.0808. The first kappa shape index (κ1) is 18.4. The Morgan fingerprint density at radius 2 is 1.82 bits per heavy atom. The molecule has 1 N–H and O–H groups in total. The fourth-order valence-corrected chi connectivity index (χ4v) is 3.64. The number of hydrogen-bond donors (Lipinski definition) is 1. The van der Waals surface area contributed by atoms with Gasteiger partial charge in [0.15, 0.2) is 5.65 Å². The molecule has 7 heteroatoms. The van der Waals surface area contributed by atoms with Crippen LogP contribution in [0, 0.1) is 0 Å². The number of rotatable bonds is 6. The third-order valence-electron chi connectivity index (χ3n) is 5.28. The largest absolute Gasteiger partial charge is 0.356 e. The first-order valence-corrected chi connectivity index (χ1v) is 10.0. The summed E-state index contributed by atoms with van der Waals surface area (Å²) in [5, 5.41) is 8.27. The van der Waals surface area contributed by atoms with Gasteiger partial charge in [-0.25, -0.2) is 14.6 Å². The topological polar surface area (TPSA) is 75.9 Å². The van der Waals surface area contributed by atoms with Crippen LogP contribution in [0.1, 0.15) is 37.3 Å². The Labute approximate surface area is 164 Å². The second-order valence-corrected chi connectivity index (χ2v) is 7.23. The smallest absolute Gasteiger partial charge is 0.242 e. The summed E-state index contributed by atoms with van der Waals surface area (Å²) in [5.41, 5.74) is 3.09. The zero-order chi connectivity index (χ0) is 19.3. The fraction of sp³-hybridized carbons (Fsp3) is 0.429. The standard InChI is InChI=1S/C21H26N6O/c1-2-16-6-8-17(9-7-16)12-22-19(28)14-27-21-18(13-25-27)20(23-15-24-21)26-10-4-3-5-11-26/h6-9,13,15H,2-5,10-12,14H2,1H3,(H,22,28). The van der Waals surface area contributed by atoms with Gasteiger partial charge < -0.3 is 10.2 Å². The number of carbonyl (C=O) groups is 1. The van der Waals surface area contributed by atoms with Crippen LogP contribution in [0.5, 0.6) is 0 Å². The molecule has 1 fully saturated rings. The van der Waals surface area contributed by atoms with Crippen LogP contribution >= 0.6 is 0 Å². The number of anilines is 1. The molecular formula is C21H26N6O. The van der Waals surface area contributed by atoms with Crippen molar-refractivity contribution >= 4 is 22.8 Å². The highest BCUT2D eigenvalue weighted by molar-refractivity contribution is 5.87. The van der Waals surface area contributed by atoms with E-state index >= 15 is 0 Å². The number of nitrogens with one attached hydrogen (secondary N) is 1. The summed E-state index contributed by atoms with van der Waals surface area (Å²) in [7, 11) is 0. The molecular weight excluding hydrogens is 352 g/mol. The highest BCUT2D eigenvalue weighted by Gasteiger charge is 2.18. The molecule has 1 amide bonds. The van der Waals surface area contributed by atoms with E-state index in [-0.39, 0.29) is 12.5 Å². The van der Waals surface area contributed by atoms with Crippen LogP contribution in [0.25, 0.3) is 11.0 Å². The van der Waals surface area contributed by atoms with Crippen LogP contribution in [0.2, 0.25) is 0 Å². The molecule has 0 unspecified atom stereocenters. The SMILES string of the molecule is CCc1ccc(CNC(=O)Cn2ncc3c(N4CCCCC4)ncnc32)cc1. The minimum Gasteiger partial charge on any atom is -0.356 e. The average molecular weight is 378 g/mol. The molecule has 4 rings (SSSR count). The minimum atomic E-state index is -0.0808. The Hall–Kier alpha value is -2.96. The highest BCUT2D eigenvalue weighted by atomic mass is 16.2. The lowest BCUT2D eigenvalue weighted by molar-refractivity contribution is -0.121. The maximum absolute atomic E-state index is 12.4. The van der Waals surface area contributed by atoms with Crippen molar-refractivity contribution in [2.45, 2.75) is 45.7 Å². The summed E-state index contributed by atoms with van der Waals surface area (Å²) in [6.07, 6.45) is 7.99. The van der Waals surface area contributed by atoms with E-state index < -0.39 is 0 Å². The zero-order valence-electron chi connectivity index (χ0n) is 16.3. The number of aromatic nitrogens is 4. The van der Waals surface area contributed by atoms with E-state index in [0.29, 0.717) is 12.2 Å². The summed E-state index contributed by atoms with van der Waals surface area (Å²) in [6.45, 7) is 4.80. The maximum Gasteiger partial charge on any atom is 0.242 e. The quantitative estimate of drug-likeness (QED) is 0.714. The summed E-state index contributed by atoms with van der Waals surface area (Å²) < 4.78 is 1.65. The normalized spacial score (nSPS) is 14.4. The molecule has 146 valence electrons. The number of hydrogen-bond acceptors (Lipinski definition) is 5. The van der Waals surface area contributed by atoms with E-state index in [2.05, 4.69) is 56.5 Å². The van der Waals surface area contributed by atoms with Crippen molar-refractivity contribution in [3.63, 3.8) is 0 Å². The Morgan fingerprint density at radius 3 is 2.57 bits per heavy atom. The Balaban J connectivity index is 1.43. The molecule has 28 heavy (non-hydrogen) atoms. The molecule has 0 atom stereocenters. The van der Waals surface area contributed by atoms with Crippen molar-refractivity contribution in [3.05, 3.63) is 47.9 Å². The highest BCUT2D eigenvalue weighted by Crippen LogP contribution is 2.25. The molecule has 2 aromatic heterocycles. The lowest BCUT2D eigenvalue weighted by Gasteiger charge is -2.27. The molecule has 0 aliphatic carbocycles. The van der Waals surface area contributed by atoms with Gasteiger partial charge in [-0.15, -0.1) is 0 Å². The summed E-state index contributed by atoms with van der Waals surface area (Å²) in [6, 6.07) is 8.31. The average Bonchev–Trinajstić information content (AvgIpc) is 3.16. The van der Waals surface area contributed by atoms with E-state index in [1.807, 2.05) is 0 Å². The summed E-state index contributed by atoms with van der Waals surface area (Å²) in [5.74, 6) is 0.843. The van der Waals surface area contributed by atoms with Gasteiger partial charge in [-0.05, 0) is 36.8 Å². The molecule has 1 saturated heterocycles. The molecule has 0 saturated carbocycles. The summed E-state index contributed by atoms with van der Waals surface area (Å²) >= 11 is 0. The van der Waals surface area contributed by atoms with Crippen LogP contribution < -0.4 is 10.2 Å². The van der Waals surface area contributed by atoms with Gasteiger partial charge in [0.25, 0.3) is 0 Å². The van der Waals surface area contributed by atoms with Crippen molar-refractivity contribution in [2.24, 2.45) is 0 Å². The monoisotopic (exact) mass is 378 g/mol. The molecule has 0 radical (unpaired) electrons. The van der Waals surface area contributed by atoms with Crippen molar-refractivity contribution in [3.8, 4) is 0 Å². The molecule has 0 bridgehead atoms. The molecule has 7 nitrogen and oxygen atoms in total. The first-order valence-electron chi connectivity index (χ1n) is 10.0. The lowest BCUT2D eigenvalue weighted by Crippen LogP contribution is -2.30. The van der Waals surface area contributed by atoms with E-state index in [1.54, 1.807) is 17.2 Å². The predicted molar refractivity (Wildman–Crippen MR) is 109 cm³/mol. The second-order valence-electron chi connectivity index (χ2n) is 7.23. The Bertz CT molecular complexity index is 943. The first-order chi connectivity index (χ1) is 13.7. The van der Waals surface area contributed by atoms with Crippen molar-refractivity contribution in [1.29, 1.82) is 0 Å². The summed E-state index contributed by atoms with van der Waals surface area (Å²) in [4.78, 5) is 23.5. The van der Waals surface area contributed by atoms with Crippen LogP contribution in [0.15, 0.2) is 36.8 Å². The van der Waals surface area contributed by atoms with Gasteiger partial charge in [0.2, 0.25) is 5.91 Å². The second kappa shape index (κ2) is 8.37. The van der Waals surface area contributed by atoms with Gasteiger partial charge in [-0.1, -0.05) is 31.2 Å². The third kappa shape index (κ3) is 3.98. The van der Waals surface area contributed by atoms with Crippen LogP contribution in [-0.2, 0) is 24.3 Å². The molecule has 3 aromatic rings. The Morgan fingerprint density at radius 1 is 1.07 bits per heavy atom. The predicted octanol–water partition coefficient (Wildman–Crippen LogP) is 2.70. The number of fused-ring (bicyclic) bond motifs is 1. The van der Waals surface area contributed by atoms with Gasteiger partial charge >= 0.3 is 0 Å². The van der Waals surface area contributed by atoms with E-state index in [4.69, 9.17) is 0 Å². The van der Waals surface area contributed by atoms with Gasteiger partial charge in [-0.2, -0.15) is 5.10 Å². The van der Waals surface area contributed by atoms with E-state index in [1.165, 1.54) is 24.8 Å². The third-order valence-corrected chi connectivity index (χ3v) is 5.28. The fourth-order valence-electron chi connectivity index (χ4n) is 3.64. The van der Waals surface area contributed by atoms with E-state index in [9.17, 15) is 4.79 Å². The number of carbonyl (C=O) groups excluding carboxylic acids is 1. The van der Waals surface area contributed by atoms with Gasteiger partial charge in [0.1, 0.15) is 18.7 Å². The number of nitrogens with zero attached hydrogens (tertiary/aromatic N) is 5. The number of aryl methyl sites for hydroxylation is 1. The molecule has 1 aliphatic rings. The van der Waals surface area contributed by atoms with Gasteiger partial charge in [-0.3, -0.25) is 4.79 Å². The number of amides is 1. The van der Waals surface area contributed by atoms with Crippen molar-refractivity contribution in [1.82, 2.24) is 25.1 Å².